The number of halogens is 1. The smallest absolute Gasteiger partial charge is 0.159 e. The molecule has 2 aromatic rings. The Morgan fingerprint density at radius 3 is 2.75 bits per heavy atom. The van der Waals surface area contributed by atoms with Gasteiger partial charge in [0.2, 0.25) is 0 Å². The van der Waals surface area contributed by atoms with E-state index in [1.54, 1.807) is 7.11 Å². The lowest BCUT2D eigenvalue weighted by atomic mass is 9.95. The molecule has 1 aromatic heterocycles. The molecule has 0 aliphatic heterocycles. The van der Waals surface area contributed by atoms with Gasteiger partial charge in [-0.15, -0.1) is 0 Å². The molecule has 0 saturated heterocycles. The first kappa shape index (κ1) is 13.1. The SMILES string of the molecule is CON=C1CCCc2nc(-c3ccc(Cl)cc3)ncc21. The maximum absolute atomic E-state index is 5.90. The van der Waals surface area contributed by atoms with Crippen molar-refractivity contribution in [1.82, 2.24) is 9.97 Å². The molecule has 0 saturated carbocycles. The van der Waals surface area contributed by atoms with E-state index in [-0.39, 0.29) is 0 Å². The van der Waals surface area contributed by atoms with E-state index in [9.17, 15) is 0 Å². The third-order valence-corrected chi connectivity index (χ3v) is 3.56. The minimum Gasteiger partial charge on any atom is -0.399 e. The van der Waals surface area contributed by atoms with Crippen LogP contribution in [0.15, 0.2) is 35.6 Å². The van der Waals surface area contributed by atoms with Crippen molar-refractivity contribution in [2.45, 2.75) is 19.3 Å². The highest BCUT2D eigenvalue weighted by molar-refractivity contribution is 6.30. The van der Waals surface area contributed by atoms with Crippen LogP contribution >= 0.6 is 11.6 Å². The van der Waals surface area contributed by atoms with Crippen molar-refractivity contribution in [3.8, 4) is 11.4 Å². The second-order valence-electron chi connectivity index (χ2n) is 4.63. The number of nitrogens with zero attached hydrogens (tertiary/aromatic N) is 3. The molecule has 0 fully saturated rings. The second-order valence-corrected chi connectivity index (χ2v) is 5.07. The lowest BCUT2D eigenvalue weighted by Crippen LogP contribution is -2.15. The van der Waals surface area contributed by atoms with Gasteiger partial charge in [0.15, 0.2) is 5.82 Å². The Morgan fingerprint density at radius 2 is 2.00 bits per heavy atom. The number of hydrogen-bond acceptors (Lipinski definition) is 4. The van der Waals surface area contributed by atoms with E-state index < -0.39 is 0 Å². The summed E-state index contributed by atoms with van der Waals surface area (Å²) < 4.78 is 0. The third kappa shape index (κ3) is 2.51. The normalized spacial score (nSPS) is 16.0. The van der Waals surface area contributed by atoms with Crippen molar-refractivity contribution < 1.29 is 4.84 Å². The van der Waals surface area contributed by atoms with Crippen molar-refractivity contribution in [2.24, 2.45) is 5.16 Å². The minimum atomic E-state index is 0.709. The molecule has 102 valence electrons. The summed E-state index contributed by atoms with van der Waals surface area (Å²) >= 11 is 5.90. The second kappa shape index (κ2) is 5.59. The van der Waals surface area contributed by atoms with Crippen LogP contribution in [-0.4, -0.2) is 22.8 Å². The maximum atomic E-state index is 5.90. The summed E-state index contributed by atoms with van der Waals surface area (Å²) in [4.78, 5) is 14.0. The first-order valence-corrected chi connectivity index (χ1v) is 6.88. The fourth-order valence-electron chi connectivity index (χ4n) is 2.35. The summed E-state index contributed by atoms with van der Waals surface area (Å²) in [6.45, 7) is 0. The monoisotopic (exact) mass is 287 g/mol. The van der Waals surface area contributed by atoms with Crippen LogP contribution < -0.4 is 0 Å². The molecule has 0 spiro atoms. The van der Waals surface area contributed by atoms with Crippen molar-refractivity contribution >= 4 is 17.3 Å². The van der Waals surface area contributed by atoms with E-state index in [0.717, 1.165) is 47.6 Å². The number of rotatable bonds is 2. The van der Waals surface area contributed by atoms with Crippen LogP contribution in [0.25, 0.3) is 11.4 Å². The molecule has 0 radical (unpaired) electrons. The van der Waals surface area contributed by atoms with Gasteiger partial charge in [-0.2, -0.15) is 0 Å². The van der Waals surface area contributed by atoms with Gasteiger partial charge in [0.25, 0.3) is 0 Å². The molecule has 20 heavy (non-hydrogen) atoms. The summed E-state index contributed by atoms with van der Waals surface area (Å²) in [5, 5.41) is 4.77. The fourth-order valence-corrected chi connectivity index (χ4v) is 2.48. The Hall–Kier alpha value is -1.94. The highest BCUT2D eigenvalue weighted by Gasteiger charge is 2.19. The molecule has 5 heteroatoms. The average molecular weight is 288 g/mol. The van der Waals surface area contributed by atoms with E-state index in [1.165, 1.54) is 0 Å². The van der Waals surface area contributed by atoms with E-state index in [2.05, 4.69) is 15.1 Å². The van der Waals surface area contributed by atoms with Crippen LogP contribution in [0.3, 0.4) is 0 Å². The summed E-state index contributed by atoms with van der Waals surface area (Å²) in [6.07, 6.45) is 4.72. The van der Waals surface area contributed by atoms with Crippen molar-refractivity contribution in [3.63, 3.8) is 0 Å². The number of fused-ring (bicyclic) bond motifs is 1. The Bertz CT molecular complexity index is 653. The maximum Gasteiger partial charge on any atom is 0.159 e. The molecule has 4 nitrogen and oxygen atoms in total. The van der Waals surface area contributed by atoms with Crippen molar-refractivity contribution in [2.75, 3.05) is 7.11 Å². The largest absolute Gasteiger partial charge is 0.399 e. The molecule has 1 aliphatic carbocycles. The molecule has 1 aliphatic rings. The summed E-state index contributed by atoms with van der Waals surface area (Å²) in [5.41, 5.74) is 3.92. The van der Waals surface area contributed by atoms with E-state index >= 15 is 0 Å². The van der Waals surface area contributed by atoms with Gasteiger partial charge in [0.05, 0.1) is 11.4 Å². The van der Waals surface area contributed by atoms with Crippen LogP contribution in [0.2, 0.25) is 5.02 Å². The zero-order valence-electron chi connectivity index (χ0n) is 11.1. The molecule has 3 rings (SSSR count). The van der Waals surface area contributed by atoms with Gasteiger partial charge < -0.3 is 4.84 Å². The van der Waals surface area contributed by atoms with Gasteiger partial charge in [0.1, 0.15) is 7.11 Å². The highest BCUT2D eigenvalue weighted by Crippen LogP contribution is 2.24. The number of benzene rings is 1. The van der Waals surface area contributed by atoms with Crippen LogP contribution in [0.4, 0.5) is 0 Å². The van der Waals surface area contributed by atoms with Crippen LogP contribution in [0, 0.1) is 0 Å². The molecule has 0 bridgehead atoms. The standard InChI is InChI=1S/C15H14ClN3O/c1-20-19-14-4-2-3-13-12(14)9-17-15(18-13)10-5-7-11(16)8-6-10/h5-9H,2-4H2,1H3. The number of aromatic nitrogens is 2. The minimum absolute atomic E-state index is 0.709. The lowest BCUT2D eigenvalue weighted by Gasteiger charge is -2.16. The Labute approximate surface area is 122 Å². The Balaban J connectivity index is 2.01. The predicted molar refractivity (Wildman–Crippen MR) is 79.0 cm³/mol. The molecule has 0 atom stereocenters. The van der Waals surface area contributed by atoms with Gasteiger partial charge in [0, 0.05) is 22.3 Å². The number of hydrogen-bond donors (Lipinski definition) is 0. The zero-order chi connectivity index (χ0) is 13.9. The molecule has 0 unspecified atom stereocenters. The van der Waals surface area contributed by atoms with Crippen LogP contribution in [-0.2, 0) is 11.3 Å². The summed E-state index contributed by atoms with van der Waals surface area (Å²) in [6, 6.07) is 7.54. The quantitative estimate of drug-likeness (QED) is 0.795. The number of oxime groups is 1. The molecule has 0 N–H and O–H groups in total. The van der Waals surface area contributed by atoms with Crippen LogP contribution in [0.5, 0.6) is 0 Å². The Morgan fingerprint density at radius 1 is 1.20 bits per heavy atom. The first-order valence-electron chi connectivity index (χ1n) is 6.50. The average Bonchev–Trinajstić information content (AvgIpc) is 2.48. The number of aryl methyl sites for hydroxylation is 1. The van der Waals surface area contributed by atoms with Crippen molar-refractivity contribution in [3.05, 3.63) is 46.7 Å². The molecule has 0 amide bonds. The summed E-state index contributed by atoms with van der Waals surface area (Å²) in [5.74, 6) is 0.721. The zero-order valence-corrected chi connectivity index (χ0v) is 11.9. The van der Waals surface area contributed by atoms with Gasteiger partial charge >= 0.3 is 0 Å². The molecular weight excluding hydrogens is 274 g/mol. The third-order valence-electron chi connectivity index (χ3n) is 3.31. The molecular formula is C15H14ClN3O. The first-order chi connectivity index (χ1) is 9.78. The van der Waals surface area contributed by atoms with Crippen LogP contribution in [0.1, 0.15) is 24.1 Å². The van der Waals surface area contributed by atoms with E-state index in [0.29, 0.717) is 5.02 Å². The van der Waals surface area contributed by atoms with Gasteiger partial charge in [-0.05, 0) is 43.5 Å². The predicted octanol–water partition coefficient (Wildman–Crippen LogP) is 3.48. The van der Waals surface area contributed by atoms with Crippen molar-refractivity contribution in [1.29, 1.82) is 0 Å². The Kier molecular flexibility index (Phi) is 3.65. The molecule has 1 heterocycles. The van der Waals surface area contributed by atoms with E-state index in [1.807, 2.05) is 30.5 Å². The fraction of sp³-hybridized carbons (Fsp3) is 0.267. The topological polar surface area (TPSA) is 47.4 Å². The lowest BCUT2D eigenvalue weighted by molar-refractivity contribution is 0.212. The van der Waals surface area contributed by atoms with Gasteiger partial charge in [-0.25, -0.2) is 9.97 Å². The van der Waals surface area contributed by atoms with E-state index in [4.69, 9.17) is 16.4 Å². The highest BCUT2D eigenvalue weighted by atomic mass is 35.5. The van der Waals surface area contributed by atoms with Gasteiger partial charge in [-0.1, -0.05) is 16.8 Å². The molecule has 1 aromatic carbocycles. The summed E-state index contributed by atoms with van der Waals surface area (Å²) in [7, 11) is 1.56. The van der Waals surface area contributed by atoms with Gasteiger partial charge in [-0.3, -0.25) is 0 Å².